The van der Waals surface area contributed by atoms with Gasteiger partial charge in [0.15, 0.2) is 0 Å². The van der Waals surface area contributed by atoms with Gasteiger partial charge in [-0.1, -0.05) is 0 Å². The Labute approximate surface area is 120 Å². The van der Waals surface area contributed by atoms with Gasteiger partial charge in [-0.2, -0.15) is 0 Å². The summed E-state index contributed by atoms with van der Waals surface area (Å²) in [5.41, 5.74) is 1.23. The van der Waals surface area contributed by atoms with Gasteiger partial charge in [-0.25, -0.2) is 17.7 Å². The van der Waals surface area contributed by atoms with Crippen LogP contribution >= 0.6 is 0 Å². The minimum absolute atomic E-state index is 0.399. The molecule has 0 aromatic carbocycles. The van der Waals surface area contributed by atoms with Crippen molar-refractivity contribution < 1.29 is 8.42 Å². The van der Waals surface area contributed by atoms with E-state index in [1.54, 1.807) is 4.31 Å². The molecule has 20 heavy (non-hydrogen) atoms. The Kier molecular flexibility index (Phi) is 3.83. The van der Waals surface area contributed by atoms with Crippen LogP contribution in [0.5, 0.6) is 0 Å². The first-order valence-electron chi connectivity index (χ1n) is 7.23. The molecular weight excluding hydrogens is 276 g/mol. The molecule has 1 saturated heterocycles. The summed E-state index contributed by atoms with van der Waals surface area (Å²) in [6.45, 7) is 2.07. The molecule has 0 bridgehead atoms. The van der Waals surface area contributed by atoms with Gasteiger partial charge in [0, 0.05) is 37.9 Å². The van der Waals surface area contributed by atoms with E-state index in [1.165, 1.54) is 24.8 Å². The summed E-state index contributed by atoms with van der Waals surface area (Å²) in [4.78, 5) is 4.23. The molecule has 1 N–H and O–H groups in total. The normalized spacial score (nSPS) is 22.2. The standard InChI is InChI=1S/C13H22N4O2S/c1-20(18,19)16-6-4-11(5-7-16)15-9-13-8-14-10-17(13)12-2-3-12/h8,10-12,15H,2-7,9H2,1H3. The summed E-state index contributed by atoms with van der Waals surface area (Å²) >= 11 is 0. The number of hydrogen-bond acceptors (Lipinski definition) is 4. The van der Waals surface area contributed by atoms with Gasteiger partial charge in [-0.3, -0.25) is 0 Å². The van der Waals surface area contributed by atoms with E-state index < -0.39 is 10.0 Å². The molecule has 7 heteroatoms. The Morgan fingerprint density at radius 1 is 1.30 bits per heavy atom. The lowest BCUT2D eigenvalue weighted by molar-refractivity contribution is 0.288. The second-order valence-electron chi connectivity index (χ2n) is 5.84. The van der Waals surface area contributed by atoms with E-state index in [4.69, 9.17) is 0 Å². The molecule has 1 aromatic heterocycles. The summed E-state index contributed by atoms with van der Waals surface area (Å²) < 4.78 is 26.7. The Hall–Kier alpha value is -0.920. The van der Waals surface area contributed by atoms with E-state index in [1.807, 2.05) is 12.5 Å². The van der Waals surface area contributed by atoms with Gasteiger partial charge in [0.05, 0.1) is 18.3 Å². The van der Waals surface area contributed by atoms with Crippen LogP contribution in [0.25, 0.3) is 0 Å². The number of nitrogens with zero attached hydrogens (tertiary/aromatic N) is 3. The molecule has 0 radical (unpaired) electrons. The van der Waals surface area contributed by atoms with Crippen LogP contribution in [0.2, 0.25) is 0 Å². The molecule has 1 saturated carbocycles. The van der Waals surface area contributed by atoms with Gasteiger partial charge < -0.3 is 9.88 Å². The molecule has 6 nitrogen and oxygen atoms in total. The average Bonchev–Trinajstić information content (AvgIpc) is 3.15. The summed E-state index contributed by atoms with van der Waals surface area (Å²) in [5, 5.41) is 3.54. The smallest absolute Gasteiger partial charge is 0.211 e. The van der Waals surface area contributed by atoms with Crippen LogP contribution < -0.4 is 5.32 Å². The largest absolute Gasteiger partial charge is 0.330 e. The number of rotatable bonds is 5. The van der Waals surface area contributed by atoms with Crippen LogP contribution in [0.4, 0.5) is 0 Å². The molecule has 2 aliphatic rings. The van der Waals surface area contributed by atoms with Crippen LogP contribution in [-0.4, -0.2) is 47.7 Å². The highest BCUT2D eigenvalue weighted by atomic mass is 32.2. The molecule has 112 valence electrons. The molecular formula is C13H22N4O2S. The summed E-state index contributed by atoms with van der Waals surface area (Å²) in [6, 6.07) is 1.05. The third-order valence-electron chi connectivity index (χ3n) is 4.18. The van der Waals surface area contributed by atoms with Crippen molar-refractivity contribution >= 4 is 10.0 Å². The maximum absolute atomic E-state index is 11.5. The SMILES string of the molecule is CS(=O)(=O)N1CCC(NCc2cncn2C2CC2)CC1. The predicted octanol–water partition coefficient (Wildman–Crippen LogP) is 0.732. The quantitative estimate of drug-likeness (QED) is 0.870. The molecule has 0 atom stereocenters. The topological polar surface area (TPSA) is 67.2 Å². The Bertz CT molecular complexity index is 557. The minimum atomic E-state index is -3.03. The molecule has 1 aliphatic carbocycles. The summed E-state index contributed by atoms with van der Waals surface area (Å²) in [7, 11) is -3.03. The fraction of sp³-hybridized carbons (Fsp3) is 0.769. The van der Waals surface area contributed by atoms with E-state index in [9.17, 15) is 8.42 Å². The van der Waals surface area contributed by atoms with Crippen molar-refractivity contribution in [3.63, 3.8) is 0 Å². The van der Waals surface area contributed by atoms with Crippen LogP contribution in [-0.2, 0) is 16.6 Å². The van der Waals surface area contributed by atoms with E-state index >= 15 is 0 Å². The first kappa shape index (κ1) is 14.0. The second kappa shape index (κ2) is 5.46. The number of hydrogen-bond donors (Lipinski definition) is 1. The Morgan fingerprint density at radius 2 is 2.00 bits per heavy atom. The zero-order valence-corrected chi connectivity index (χ0v) is 12.6. The molecule has 0 amide bonds. The van der Waals surface area contributed by atoms with Crippen molar-refractivity contribution in [2.75, 3.05) is 19.3 Å². The van der Waals surface area contributed by atoms with Crippen LogP contribution in [0.3, 0.4) is 0 Å². The third-order valence-corrected chi connectivity index (χ3v) is 5.48. The van der Waals surface area contributed by atoms with E-state index in [0.717, 1.165) is 19.4 Å². The van der Waals surface area contributed by atoms with E-state index in [0.29, 0.717) is 25.2 Å². The van der Waals surface area contributed by atoms with Gasteiger partial charge in [-0.05, 0) is 25.7 Å². The first-order valence-corrected chi connectivity index (χ1v) is 9.08. The van der Waals surface area contributed by atoms with Crippen molar-refractivity contribution in [3.8, 4) is 0 Å². The van der Waals surface area contributed by atoms with Crippen LogP contribution in [0.15, 0.2) is 12.5 Å². The first-order chi connectivity index (χ1) is 9.54. The number of sulfonamides is 1. The minimum Gasteiger partial charge on any atom is -0.330 e. The maximum Gasteiger partial charge on any atom is 0.211 e. The zero-order chi connectivity index (χ0) is 14.2. The highest BCUT2D eigenvalue weighted by molar-refractivity contribution is 7.88. The fourth-order valence-corrected chi connectivity index (χ4v) is 3.67. The monoisotopic (exact) mass is 298 g/mol. The average molecular weight is 298 g/mol. The number of imidazole rings is 1. The lowest BCUT2D eigenvalue weighted by Crippen LogP contribution is -2.44. The molecule has 2 heterocycles. The molecule has 3 rings (SSSR count). The Morgan fingerprint density at radius 3 is 2.60 bits per heavy atom. The summed E-state index contributed by atoms with van der Waals surface area (Å²) in [5.74, 6) is 0. The maximum atomic E-state index is 11.5. The van der Waals surface area contributed by atoms with Gasteiger partial charge in [-0.15, -0.1) is 0 Å². The number of piperidine rings is 1. The zero-order valence-electron chi connectivity index (χ0n) is 11.8. The van der Waals surface area contributed by atoms with Crippen molar-refractivity contribution in [1.82, 2.24) is 19.2 Å². The number of nitrogens with one attached hydrogen (secondary N) is 1. The summed E-state index contributed by atoms with van der Waals surface area (Å²) in [6.07, 6.45) is 9.41. The fourth-order valence-electron chi connectivity index (χ4n) is 2.79. The van der Waals surface area contributed by atoms with E-state index in [2.05, 4.69) is 14.9 Å². The van der Waals surface area contributed by atoms with Gasteiger partial charge in [0.2, 0.25) is 10.0 Å². The lowest BCUT2D eigenvalue weighted by Gasteiger charge is -2.30. The predicted molar refractivity (Wildman–Crippen MR) is 76.8 cm³/mol. The van der Waals surface area contributed by atoms with Crippen molar-refractivity contribution in [3.05, 3.63) is 18.2 Å². The van der Waals surface area contributed by atoms with Gasteiger partial charge in [0.1, 0.15) is 0 Å². The number of aromatic nitrogens is 2. The van der Waals surface area contributed by atoms with Crippen LogP contribution in [0.1, 0.15) is 37.4 Å². The highest BCUT2D eigenvalue weighted by Crippen LogP contribution is 2.35. The third kappa shape index (κ3) is 3.21. The molecule has 0 unspecified atom stereocenters. The van der Waals surface area contributed by atoms with Gasteiger partial charge in [0.25, 0.3) is 0 Å². The molecule has 0 spiro atoms. The van der Waals surface area contributed by atoms with E-state index in [-0.39, 0.29) is 0 Å². The van der Waals surface area contributed by atoms with Gasteiger partial charge >= 0.3 is 0 Å². The molecule has 1 aliphatic heterocycles. The van der Waals surface area contributed by atoms with Crippen LogP contribution in [0, 0.1) is 0 Å². The lowest BCUT2D eigenvalue weighted by atomic mass is 10.1. The molecule has 1 aromatic rings. The van der Waals surface area contributed by atoms with Crippen molar-refractivity contribution in [2.24, 2.45) is 0 Å². The highest BCUT2D eigenvalue weighted by Gasteiger charge is 2.27. The second-order valence-corrected chi connectivity index (χ2v) is 7.82. The molecule has 2 fully saturated rings. The van der Waals surface area contributed by atoms with Crippen molar-refractivity contribution in [2.45, 2.75) is 44.3 Å². The van der Waals surface area contributed by atoms with Crippen molar-refractivity contribution in [1.29, 1.82) is 0 Å². The Balaban J connectivity index is 1.49.